The molecule has 0 saturated carbocycles. The highest BCUT2D eigenvalue weighted by molar-refractivity contribution is 5.31. The first-order valence-electron chi connectivity index (χ1n) is 4.96. The SMILES string of the molecule is COCCC(C)(O)c1cccc(OC)c1. The van der Waals surface area contributed by atoms with Crippen molar-refractivity contribution >= 4 is 0 Å². The summed E-state index contributed by atoms with van der Waals surface area (Å²) in [5.41, 5.74) is -0.0243. The first-order valence-corrected chi connectivity index (χ1v) is 4.96. The minimum absolute atomic E-state index is 0.532. The molecule has 1 unspecified atom stereocenters. The summed E-state index contributed by atoms with van der Waals surface area (Å²) in [5, 5.41) is 10.2. The topological polar surface area (TPSA) is 38.7 Å². The zero-order chi connectivity index (χ0) is 11.3. The van der Waals surface area contributed by atoms with Crippen LogP contribution in [0.25, 0.3) is 0 Å². The second-order valence-electron chi connectivity index (χ2n) is 3.75. The molecule has 0 radical (unpaired) electrons. The van der Waals surface area contributed by atoms with Crippen molar-refractivity contribution in [1.82, 2.24) is 0 Å². The number of hydrogen-bond donors (Lipinski definition) is 1. The molecule has 0 amide bonds. The van der Waals surface area contributed by atoms with Crippen molar-refractivity contribution in [2.45, 2.75) is 18.9 Å². The molecule has 1 N–H and O–H groups in total. The van der Waals surface area contributed by atoms with Crippen LogP contribution in [-0.2, 0) is 10.3 Å². The normalized spacial score (nSPS) is 14.7. The van der Waals surface area contributed by atoms with Gasteiger partial charge in [-0.2, -0.15) is 0 Å². The monoisotopic (exact) mass is 210 g/mol. The van der Waals surface area contributed by atoms with Gasteiger partial charge in [0.1, 0.15) is 5.75 Å². The highest BCUT2D eigenvalue weighted by Crippen LogP contribution is 2.27. The summed E-state index contributed by atoms with van der Waals surface area (Å²) in [6, 6.07) is 7.46. The van der Waals surface area contributed by atoms with Gasteiger partial charge in [0, 0.05) is 20.1 Å². The average molecular weight is 210 g/mol. The molecule has 0 aliphatic rings. The Kier molecular flexibility index (Phi) is 4.12. The molecule has 0 bridgehead atoms. The van der Waals surface area contributed by atoms with E-state index in [0.29, 0.717) is 13.0 Å². The second kappa shape index (κ2) is 5.14. The summed E-state index contributed by atoms with van der Waals surface area (Å²) in [7, 11) is 3.24. The van der Waals surface area contributed by atoms with E-state index in [1.165, 1.54) is 0 Å². The molecule has 1 atom stereocenters. The Morgan fingerprint density at radius 2 is 2.07 bits per heavy atom. The fourth-order valence-electron chi connectivity index (χ4n) is 1.40. The largest absolute Gasteiger partial charge is 0.497 e. The number of hydrogen-bond acceptors (Lipinski definition) is 3. The van der Waals surface area contributed by atoms with Crippen LogP contribution in [0, 0.1) is 0 Å². The molecule has 0 aliphatic heterocycles. The Bertz CT molecular complexity index is 307. The molecule has 0 fully saturated rings. The third kappa shape index (κ3) is 3.22. The second-order valence-corrected chi connectivity index (χ2v) is 3.75. The maximum atomic E-state index is 10.2. The van der Waals surface area contributed by atoms with Crippen molar-refractivity contribution in [3.63, 3.8) is 0 Å². The summed E-state index contributed by atoms with van der Waals surface area (Å²) in [6.07, 6.45) is 0.566. The Hall–Kier alpha value is -1.06. The van der Waals surface area contributed by atoms with Crippen LogP contribution in [0.1, 0.15) is 18.9 Å². The standard InChI is InChI=1S/C12H18O3/c1-12(13,7-8-14-2)10-5-4-6-11(9-10)15-3/h4-6,9,13H,7-8H2,1-3H3. The molecule has 0 saturated heterocycles. The molecule has 1 rings (SSSR count). The molecular formula is C12H18O3. The number of benzene rings is 1. The van der Waals surface area contributed by atoms with Crippen LogP contribution in [0.2, 0.25) is 0 Å². The third-order valence-electron chi connectivity index (χ3n) is 2.48. The van der Waals surface area contributed by atoms with Gasteiger partial charge in [-0.3, -0.25) is 0 Å². The lowest BCUT2D eigenvalue weighted by Gasteiger charge is -2.23. The molecule has 15 heavy (non-hydrogen) atoms. The van der Waals surface area contributed by atoms with Crippen molar-refractivity contribution in [3.8, 4) is 5.75 Å². The predicted octanol–water partition coefficient (Wildman–Crippen LogP) is 1.94. The van der Waals surface area contributed by atoms with Crippen molar-refractivity contribution in [1.29, 1.82) is 0 Å². The van der Waals surface area contributed by atoms with Gasteiger partial charge >= 0.3 is 0 Å². The number of rotatable bonds is 5. The van der Waals surface area contributed by atoms with E-state index in [0.717, 1.165) is 11.3 Å². The molecule has 0 aromatic heterocycles. The maximum Gasteiger partial charge on any atom is 0.119 e. The van der Waals surface area contributed by atoms with E-state index in [2.05, 4.69) is 0 Å². The minimum Gasteiger partial charge on any atom is -0.497 e. The van der Waals surface area contributed by atoms with Crippen LogP contribution in [-0.4, -0.2) is 25.9 Å². The van der Waals surface area contributed by atoms with E-state index in [9.17, 15) is 5.11 Å². The maximum absolute atomic E-state index is 10.2. The Balaban J connectivity index is 2.83. The Labute approximate surface area is 90.6 Å². The molecule has 0 heterocycles. The lowest BCUT2D eigenvalue weighted by molar-refractivity contribution is 0.0209. The lowest BCUT2D eigenvalue weighted by atomic mass is 9.93. The lowest BCUT2D eigenvalue weighted by Crippen LogP contribution is -2.23. The first kappa shape index (κ1) is 12.0. The molecule has 84 valence electrons. The fraction of sp³-hybridized carbons (Fsp3) is 0.500. The van der Waals surface area contributed by atoms with Crippen LogP contribution in [0.5, 0.6) is 5.75 Å². The predicted molar refractivity (Wildman–Crippen MR) is 59.1 cm³/mol. The van der Waals surface area contributed by atoms with Gasteiger partial charge in [-0.1, -0.05) is 12.1 Å². The van der Waals surface area contributed by atoms with Crippen LogP contribution < -0.4 is 4.74 Å². The van der Waals surface area contributed by atoms with Crippen molar-refractivity contribution in [3.05, 3.63) is 29.8 Å². The molecule has 3 nitrogen and oxygen atoms in total. The van der Waals surface area contributed by atoms with Crippen molar-refractivity contribution in [2.75, 3.05) is 20.8 Å². The summed E-state index contributed by atoms with van der Waals surface area (Å²) >= 11 is 0. The minimum atomic E-state index is -0.870. The zero-order valence-electron chi connectivity index (χ0n) is 9.49. The third-order valence-corrected chi connectivity index (χ3v) is 2.48. The molecule has 3 heteroatoms. The average Bonchev–Trinajstić information content (AvgIpc) is 2.26. The summed E-state index contributed by atoms with van der Waals surface area (Å²) < 4.78 is 10.1. The Morgan fingerprint density at radius 1 is 1.33 bits per heavy atom. The first-order chi connectivity index (χ1) is 7.10. The van der Waals surface area contributed by atoms with Gasteiger partial charge in [0.25, 0.3) is 0 Å². The molecular weight excluding hydrogens is 192 g/mol. The highest BCUT2D eigenvalue weighted by Gasteiger charge is 2.22. The summed E-state index contributed by atoms with van der Waals surface area (Å²) in [5.74, 6) is 0.755. The molecule has 0 spiro atoms. The van der Waals surface area contributed by atoms with Crippen molar-refractivity contribution < 1.29 is 14.6 Å². The van der Waals surface area contributed by atoms with E-state index < -0.39 is 5.60 Å². The van der Waals surface area contributed by atoms with Gasteiger partial charge in [0.2, 0.25) is 0 Å². The van der Waals surface area contributed by atoms with Gasteiger partial charge in [0.15, 0.2) is 0 Å². The summed E-state index contributed by atoms with van der Waals surface area (Å²) in [4.78, 5) is 0. The van der Waals surface area contributed by atoms with Crippen LogP contribution in [0.3, 0.4) is 0 Å². The Morgan fingerprint density at radius 3 is 2.67 bits per heavy atom. The summed E-state index contributed by atoms with van der Waals surface area (Å²) in [6.45, 7) is 2.31. The number of ether oxygens (including phenoxy) is 2. The highest BCUT2D eigenvalue weighted by atomic mass is 16.5. The van der Waals surface area contributed by atoms with Gasteiger partial charge < -0.3 is 14.6 Å². The van der Waals surface area contributed by atoms with Gasteiger partial charge in [-0.05, 0) is 24.6 Å². The molecule has 0 aliphatic carbocycles. The number of methoxy groups -OCH3 is 2. The van der Waals surface area contributed by atoms with Crippen LogP contribution >= 0.6 is 0 Å². The van der Waals surface area contributed by atoms with Gasteiger partial charge in [0.05, 0.1) is 12.7 Å². The van der Waals surface area contributed by atoms with E-state index in [1.807, 2.05) is 24.3 Å². The van der Waals surface area contributed by atoms with E-state index >= 15 is 0 Å². The zero-order valence-corrected chi connectivity index (χ0v) is 9.49. The van der Waals surface area contributed by atoms with Gasteiger partial charge in [-0.25, -0.2) is 0 Å². The molecule has 1 aromatic rings. The quantitative estimate of drug-likeness (QED) is 0.807. The van der Waals surface area contributed by atoms with E-state index in [-0.39, 0.29) is 0 Å². The van der Waals surface area contributed by atoms with Crippen LogP contribution in [0.4, 0.5) is 0 Å². The number of aliphatic hydroxyl groups is 1. The van der Waals surface area contributed by atoms with Crippen LogP contribution in [0.15, 0.2) is 24.3 Å². The van der Waals surface area contributed by atoms with Gasteiger partial charge in [-0.15, -0.1) is 0 Å². The molecule has 1 aromatic carbocycles. The van der Waals surface area contributed by atoms with E-state index in [1.54, 1.807) is 21.1 Å². The van der Waals surface area contributed by atoms with Crippen molar-refractivity contribution in [2.24, 2.45) is 0 Å². The van der Waals surface area contributed by atoms with E-state index in [4.69, 9.17) is 9.47 Å². The fourth-order valence-corrected chi connectivity index (χ4v) is 1.40. The smallest absolute Gasteiger partial charge is 0.119 e.